The molecule has 0 aliphatic heterocycles. The van der Waals surface area contributed by atoms with Gasteiger partial charge in [0.1, 0.15) is 11.6 Å². The molecule has 2 aromatic rings. The average Bonchev–Trinajstić information content (AvgIpc) is 2.51. The second kappa shape index (κ2) is 6.37. The van der Waals surface area contributed by atoms with Crippen molar-refractivity contribution in [3.8, 4) is 5.75 Å². The average molecular weight is 289 g/mol. The molecule has 1 atom stereocenters. The number of carbonyl (C=O) groups is 1. The predicted molar refractivity (Wildman–Crippen MR) is 77.7 cm³/mol. The summed E-state index contributed by atoms with van der Waals surface area (Å²) in [5.41, 5.74) is 1.06. The molecule has 1 unspecified atom stereocenters. The molecule has 2 aromatic carbocycles. The molecule has 0 bridgehead atoms. The number of benzene rings is 2. The van der Waals surface area contributed by atoms with Crippen molar-refractivity contribution in [1.82, 2.24) is 0 Å². The maximum absolute atomic E-state index is 13.4. The van der Waals surface area contributed by atoms with Crippen LogP contribution in [0.15, 0.2) is 42.5 Å². The Morgan fingerprint density at radius 1 is 1.29 bits per heavy atom. The molecular formula is C16H16FNO3. The molecule has 0 aliphatic carbocycles. The number of methoxy groups -OCH3 is 1. The Bertz CT molecular complexity index is 658. The fourth-order valence-electron chi connectivity index (χ4n) is 1.91. The van der Waals surface area contributed by atoms with E-state index in [2.05, 4.69) is 5.32 Å². The van der Waals surface area contributed by atoms with Gasteiger partial charge in [-0.25, -0.2) is 4.39 Å². The van der Waals surface area contributed by atoms with Crippen molar-refractivity contribution in [1.29, 1.82) is 0 Å². The van der Waals surface area contributed by atoms with Crippen molar-refractivity contribution in [3.05, 3.63) is 59.4 Å². The minimum atomic E-state index is -1.36. The molecule has 21 heavy (non-hydrogen) atoms. The second-order valence-electron chi connectivity index (χ2n) is 4.58. The zero-order valence-electron chi connectivity index (χ0n) is 11.8. The molecule has 2 rings (SSSR count). The van der Waals surface area contributed by atoms with Crippen LogP contribution < -0.4 is 10.1 Å². The van der Waals surface area contributed by atoms with Crippen LogP contribution in [0.5, 0.6) is 5.75 Å². The lowest BCUT2D eigenvalue weighted by molar-refractivity contribution is -0.124. The molecule has 110 valence electrons. The summed E-state index contributed by atoms with van der Waals surface area (Å²) in [6.45, 7) is 1.56. The summed E-state index contributed by atoms with van der Waals surface area (Å²) in [6, 6.07) is 11.0. The SMILES string of the molecule is COc1cccc(C(O)C(=O)Nc2cccc(F)c2C)c1. The lowest BCUT2D eigenvalue weighted by Crippen LogP contribution is -2.21. The summed E-state index contributed by atoms with van der Waals surface area (Å²) < 4.78 is 18.5. The van der Waals surface area contributed by atoms with Gasteiger partial charge in [-0.3, -0.25) is 4.79 Å². The summed E-state index contributed by atoms with van der Waals surface area (Å²) in [6.07, 6.45) is -1.36. The molecule has 1 amide bonds. The molecular weight excluding hydrogens is 273 g/mol. The summed E-state index contributed by atoms with van der Waals surface area (Å²) in [5, 5.41) is 12.6. The first kappa shape index (κ1) is 15.0. The van der Waals surface area contributed by atoms with E-state index in [0.717, 1.165) is 0 Å². The normalized spacial score (nSPS) is 11.8. The van der Waals surface area contributed by atoms with Gasteiger partial charge in [0.15, 0.2) is 6.10 Å². The third-order valence-corrected chi connectivity index (χ3v) is 3.18. The van der Waals surface area contributed by atoms with Crippen molar-refractivity contribution in [2.45, 2.75) is 13.0 Å². The van der Waals surface area contributed by atoms with E-state index in [1.165, 1.54) is 19.2 Å². The number of carbonyl (C=O) groups excluding carboxylic acids is 1. The highest BCUT2D eigenvalue weighted by Gasteiger charge is 2.19. The number of rotatable bonds is 4. The molecule has 5 heteroatoms. The minimum Gasteiger partial charge on any atom is -0.497 e. The predicted octanol–water partition coefficient (Wildman–Crippen LogP) is 2.81. The van der Waals surface area contributed by atoms with E-state index in [1.54, 1.807) is 37.3 Å². The van der Waals surface area contributed by atoms with Crippen LogP contribution in [-0.4, -0.2) is 18.1 Å². The van der Waals surface area contributed by atoms with E-state index in [-0.39, 0.29) is 0 Å². The van der Waals surface area contributed by atoms with E-state index >= 15 is 0 Å². The molecule has 0 fully saturated rings. The number of aliphatic hydroxyl groups is 1. The maximum Gasteiger partial charge on any atom is 0.257 e. The Morgan fingerprint density at radius 2 is 2.00 bits per heavy atom. The third kappa shape index (κ3) is 3.38. The van der Waals surface area contributed by atoms with Gasteiger partial charge in [0.2, 0.25) is 0 Å². The Kier molecular flexibility index (Phi) is 4.55. The lowest BCUT2D eigenvalue weighted by Gasteiger charge is -2.14. The fourth-order valence-corrected chi connectivity index (χ4v) is 1.91. The lowest BCUT2D eigenvalue weighted by atomic mass is 10.1. The standard InChI is InChI=1S/C16H16FNO3/c1-10-13(17)7-4-8-14(10)18-16(20)15(19)11-5-3-6-12(9-11)21-2/h3-9,15,19H,1-2H3,(H,18,20). The van der Waals surface area contributed by atoms with E-state index in [1.807, 2.05) is 0 Å². The van der Waals surface area contributed by atoms with E-state index in [9.17, 15) is 14.3 Å². The highest BCUT2D eigenvalue weighted by molar-refractivity contribution is 5.95. The molecule has 2 N–H and O–H groups in total. The minimum absolute atomic E-state index is 0.323. The number of anilines is 1. The number of nitrogens with one attached hydrogen (secondary N) is 1. The van der Waals surface area contributed by atoms with E-state index in [4.69, 9.17) is 4.74 Å². The molecule has 0 spiro atoms. The Morgan fingerprint density at radius 3 is 2.71 bits per heavy atom. The number of aliphatic hydroxyl groups excluding tert-OH is 1. The monoisotopic (exact) mass is 289 g/mol. The molecule has 0 radical (unpaired) electrons. The molecule has 0 saturated heterocycles. The maximum atomic E-state index is 13.4. The van der Waals surface area contributed by atoms with Crippen LogP contribution in [0.1, 0.15) is 17.2 Å². The largest absolute Gasteiger partial charge is 0.497 e. The number of halogens is 1. The van der Waals surface area contributed by atoms with Crippen LogP contribution in [-0.2, 0) is 4.79 Å². The highest BCUT2D eigenvalue weighted by Crippen LogP contribution is 2.22. The van der Waals surface area contributed by atoms with Crippen LogP contribution in [0.25, 0.3) is 0 Å². The Hall–Kier alpha value is -2.40. The topological polar surface area (TPSA) is 58.6 Å². The van der Waals surface area contributed by atoms with Crippen molar-refractivity contribution in [3.63, 3.8) is 0 Å². The quantitative estimate of drug-likeness (QED) is 0.910. The number of hydrogen-bond acceptors (Lipinski definition) is 3. The van der Waals surface area contributed by atoms with Crippen LogP contribution in [0.4, 0.5) is 10.1 Å². The number of amides is 1. The van der Waals surface area contributed by atoms with E-state index < -0.39 is 17.8 Å². The first-order valence-corrected chi connectivity index (χ1v) is 6.41. The van der Waals surface area contributed by atoms with Gasteiger partial charge >= 0.3 is 0 Å². The van der Waals surface area contributed by atoms with Crippen LogP contribution >= 0.6 is 0 Å². The Labute approximate surface area is 122 Å². The zero-order chi connectivity index (χ0) is 15.4. The number of ether oxygens (including phenoxy) is 1. The van der Waals surface area contributed by atoms with Crippen molar-refractivity contribution >= 4 is 11.6 Å². The van der Waals surface area contributed by atoms with Crippen LogP contribution in [0, 0.1) is 12.7 Å². The Balaban J connectivity index is 2.17. The third-order valence-electron chi connectivity index (χ3n) is 3.18. The first-order chi connectivity index (χ1) is 10.0. The molecule has 4 nitrogen and oxygen atoms in total. The van der Waals surface area contributed by atoms with Gasteiger partial charge < -0.3 is 15.2 Å². The van der Waals surface area contributed by atoms with Gasteiger partial charge in [-0.05, 0) is 36.8 Å². The van der Waals surface area contributed by atoms with Gasteiger partial charge in [-0.15, -0.1) is 0 Å². The summed E-state index contributed by atoms with van der Waals surface area (Å²) >= 11 is 0. The van der Waals surface area contributed by atoms with Gasteiger partial charge in [0, 0.05) is 11.3 Å². The summed E-state index contributed by atoms with van der Waals surface area (Å²) in [4.78, 5) is 12.1. The second-order valence-corrected chi connectivity index (χ2v) is 4.58. The summed E-state index contributed by atoms with van der Waals surface area (Å²) in [5.74, 6) is -0.498. The first-order valence-electron chi connectivity index (χ1n) is 6.41. The number of hydrogen-bond donors (Lipinski definition) is 2. The van der Waals surface area contributed by atoms with Crippen LogP contribution in [0.2, 0.25) is 0 Å². The molecule has 0 aromatic heterocycles. The fraction of sp³-hybridized carbons (Fsp3) is 0.188. The molecule has 0 saturated carbocycles. The van der Waals surface area contributed by atoms with Gasteiger partial charge in [-0.1, -0.05) is 18.2 Å². The van der Waals surface area contributed by atoms with Crippen molar-refractivity contribution in [2.24, 2.45) is 0 Å². The van der Waals surface area contributed by atoms with Crippen molar-refractivity contribution < 1.29 is 19.0 Å². The van der Waals surface area contributed by atoms with Gasteiger partial charge in [-0.2, -0.15) is 0 Å². The highest BCUT2D eigenvalue weighted by atomic mass is 19.1. The van der Waals surface area contributed by atoms with Gasteiger partial charge in [0.05, 0.1) is 7.11 Å². The van der Waals surface area contributed by atoms with E-state index in [0.29, 0.717) is 22.6 Å². The van der Waals surface area contributed by atoms with Gasteiger partial charge in [0.25, 0.3) is 5.91 Å². The summed E-state index contributed by atoms with van der Waals surface area (Å²) in [7, 11) is 1.50. The zero-order valence-corrected chi connectivity index (χ0v) is 11.8. The molecule has 0 heterocycles. The van der Waals surface area contributed by atoms with Crippen molar-refractivity contribution in [2.75, 3.05) is 12.4 Å². The molecule has 0 aliphatic rings. The van der Waals surface area contributed by atoms with Crippen LogP contribution in [0.3, 0.4) is 0 Å². The smallest absolute Gasteiger partial charge is 0.257 e.